The van der Waals surface area contributed by atoms with Crippen molar-refractivity contribution in [2.24, 2.45) is 0 Å². The number of nitro benzene ring substituents is 1. The van der Waals surface area contributed by atoms with Crippen LogP contribution < -0.4 is 0 Å². The predicted octanol–water partition coefficient (Wildman–Crippen LogP) is 5.86. The number of rotatable bonds is 8. The van der Waals surface area contributed by atoms with Crippen LogP contribution in [0.4, 0.5) is 5.69 Å². The van der Waals surface area contributed by atoms with E-state index in [-0.39, 0.29) is 26.6 Å². The number of benzene rings is 4. The Morgan fingerprint density at radius 3 is 2.03 bits per heavy atom. The molecule has 0 saturated heterocycles. The highest BCUT2D eigenvalue weighted by molar-refractivity contribution is 7.91. The zero-order valence-corrected chi connectivity index (χ0v) is 20.6. The molecule has 4 aromatic rings. The molecule has 0 aliphatic rings. The van der Waals surface area contributed by atoms with Crippen LogP contribution in [-0.4, -0.2) is 25.1 Å². The molecule has 37 heavy (non-hydrogen) atoms. The molecular weight excluding hydrogens is 518 g/mol. The van der Waals surface area contributed by atoms with E-state index in [0.717, 1.165) is 24.3 Å². The molecule has 0 bridgehead atoms. The van der Waals surface area contributed by atoms with E-state index in [1.54, 1.807) is 30.3 Å². The molecule has 0 aromatic heterocycles. The molecule has 10 heteroatoms. The standard InChI is InChI=1S/C27H18ClNO7S/c28-20-12-10-18(11-13-20)25(30)26(19-6-2-1-3-7-19)36-27(31)23-8-4-5-9-24(23)37(34,35)22-16-14-21(15-17-22)29(32)33/h1-17,26H/t26-/m1/s1. The Labute approximate surface area is 217 Å². The van der Waals surface area contributed by atoms with Gasteiger partial charge in [0.05, 0.1) is 20.3 Å². The summed E-state index contributed by atoms with van der Waals surface area (Å²) in [5, 5.41) is 11.4. The number of carbonyl (C=O) groups is 2. The van der Waals surface area contributed by atoms with Crippen molar-refractivity contribution in [1.82, 2.24) is 0 Å². The highest BCUT2D eigenvalue weighted by atomic mass is 35.5. The number of carbonyl (C=O) groups excluding carboxylic acids is 2. The molecule has 0 aliphatic carbocycles. The minimum Gasteiger partial charge on any atom is -0.445 e. The van der Waals surface area contributed by atoms with E-state index in [2.05, 4.69) is 0 Å². The number of sulfone groups is 1. The summed E-state index contributed by atoms with van der Waals surface area (Å²) in [4.78, 5) is 36.3. The summed E-state index contributed by atoms with van der Waals surface area (Å²) in [6.07, 6.45) is -1.36. The van der Waals surface area contributed by atoms with Gasteiger partial charge in [-0.05, 0) is 48.5 Å². The Bertz CT molecular complexity index is 1570. The fraction of sp³-hybridized carbons (Fsp3) is 0.0370. The van der Waals surface area contributed by atoms with Gasteiger partial charge in [-0.3, -0.25) is 14.9 Å². The Morgan fingerprint density at radius 1 is 0.811 bits per heavy atom. The van der Waals surface area contributed by atoms with Crippen molar-refractivity contribution in [3.05, 3.63) is 135 Å². The van der Waals surface area contributed by atoms with Crippen molar-refractivity contribution < 1.29 is 27.7 Å². The van der Waals surface area contributed by atoms with E-state index < -0.39 is 32.6 Å². The number of non-ortho nitro benzene ring substituents is 1. The first-order valence-electron chi connectivity index (χ1n) is 10.8. The normalized spacial score (nSPS) is 11.9. The molecular formula is C27H18ClNO7S. The summed E-state index contributed by atoms with van der Waals surface area (Å²) in [5.74, 6) is -1.55. The molecule has 8 nitrogen and oxygen atoms in total. The monoisotopic (exact) mass is 535 g/mol. The molecule has 1 atom stereocenters. The van der Waals surface area contributed by atoms with E-state index in [1.165, 1.54) is 48.5 Å². The summed E-state index contributed by atoms with van der Waals surface area (Å²) >= 11 is 5.93. The summed E-state index contributed by atoms with van der Waals surface area (Å²) in [6, 6.07) is 24.1. The number of Topliss-reactive ketones (excluding diaryl/α,β-unsaturated/α-hetero) is 1. The molecule has 0 spiro atoms. The zero-order chi connectivity index (χ0) is 26.6. The molecule has 0 amide bonds. The maximum absolute atomic E-state index is 13.3. The maximum atomic E-state index is 13.3. The van der Waals surface area contributed by atoms with Crippen molar-refractivity contribution in [3.8, 4) is 0 Å². The van der Waals surface area contributed by atoms with Crippen LogP contribution in [0.3, 0.4) is 0 Å². The van der Waals surface area contributed by atoms with Crippen LogP contribution in [-0.2, 0) is 14.6 Å². The molecule has 0 aliphatic heterocycles. The second-order valence-electron chi connectivity index (χ2n) is 7.82. The molecule has 4 rings (SSSR count). The fourth-order valence-electron chi connectivity index (χ4n) is 3.58. The number of hydrogen-bond acceptors (Lipinski definition) is 7. The molecule has 0 N–H and O–H groups in total. The molecule has 0 unspecified atom stereocenters. The first-order valence-corrected chi connectivity index (χ1v) is 12.7. The van der Waals surface area contributed by atoms with Gasteiger partial charge in [-0.15, -0.1) is 0 Å². The van der Waals surface area contributed by atoms with Crippen molar-refractivity contribution >= 4 is 38.9 Å². The van der Waals surface area contributed by atoms with E-state index in [9.17, 15) is 28.1 Å². The van der Waals surface area contributed by atoms with Gasteiger partial charge in [0.15, 0.2) is 6.10 Å². The highest BCUT2D eigenvalue weighted by Gasteiger charge is 2.30. The van der Waals surface area contributed by atoms with E-state index in [1.807, 2.05) is 0 Å². The lowest BCUT2D eigenvalue weighted by Gasteiger charge is -2.18. The largest absolute Gasteiger partial charge is 0.445 e. The van der Waals surface area contributed by atoms with Crippen LogP contribution in [0.25, 0.3) is 0 Å². The van der Waals surface area contributed by atoms with E-state index >= 15 is 0 Å². The van der Waals surface area contributed by atoms with Crippen LogP contribution in [0, 0.1) is 10.1 Å². The molecule has 0 heterocycles. The summed E-state index contributed by atoms with van der Waals surface area (Å²) < 4.78 is 32.3. The maximum Gasteiger partial charge on any atom is 0.340 e. The quantitative estimate of drug-likeness (QED) is 0.120. The first kappa shape index (κ1) is 25.7. The Morgan fingerprint density at radius 2 is 1.41 bits per heavy atom. The smallest absolute Gasteiger partial charge is 0.340 e. The Hall–Kier alpha value is -4.34. The molecule has 0 saturated carbocycles. The third-order valence-corrected chi connectivity index (χ3v) is 7.53. The van der Waals surface area contributed by atoms with Crippen molar-refractivity contribution in [2.45, 2.75) is 15.9 Å². The van der Waals surface area contributed by atoms with E-state index in [0.29, 0.717) is 10.6 Å². The number of nitro groups is 1. The van der Waals surface area contributed by atoms with Gasteiger partial charge >= 0.3 is 5.97 Å². The SMILES string of the molecule is O=C(O[C@@H](C(=O)c1ccc(Cl)cc1)c1ccccc1)c1ccccc1S(=O)(=O)c1ccc([N+](=O)[O-])cc1. The Balaban J connectivity index is 1.71. The van der Waals surface area contributed by atoms with Gasteiger partial charge in [0.2, 0.25) is 15.6 Å². The molecule has 4 aromatic carbocycles. The van der Waals surface area contributed by atoms with E-state index in [4.69, 9.17) is 16.3 Å². The van der Waals surface area contributed by atoms with Gasteiger partial charge in [-0.25, -0.2) is 13.2 Å². The first-order chi connectivity index (χ1) is 17.7. The number of ether oxygens (including phenoxy) is 1. The number of ketones is 1. The number of hydrogen-bond donors (Lipinski definition) is 0. The van der Waals surface area contributed by atoms with Gasteiger partial charge < -0.3 is 4.74 Å². The van der Waals surface area contributed by atoms with Crippen LogP contribution >= 0.6 is 11.6 Å². The van der Waals surface area contributed by atoms with Gasteiger partial charge in [-0.2, -0.15) is 0 Å². The lowest BCUT2D eigenvalue weighted by Crippen LogP contribution is -2.21. The predicted molar refractivity (Wildman–Crippen MR) is 135 cm³/mol. The average molecular weight is 536 g/mol. The van der Waals surface area contributed by atoms with Crippen molar-refractivity contribution in [3.63, 3.8) is 0 Å². The molecule has 186 valence electrons. The van der Waals surface area contributed by atoms with Gasteiger partial charge in [0.25, 0.3) is 5.69 Å². The van der Waals surface area contributed by atoms with Crippen molar-refractivity contribution in [2.75, 3.05) is 0 Å². The fourth-order valence-corrected chi connectivity index (χ4v) is 5.15. The third kappa shape index (κ3) is 5.58. The topological polar surface area (TPSA) is 121 Å². The lowest BCUT2D eigenvalue weighted by atomic mass is 9.99. The molecule has 0 radical (unpaired) electrons. The lowest BCUT2D eigenvalue weighted by molar-refractivity contribution is -0.384. The zero-order valence-electron chi connectivity index (χ0n) is 19.0. The van der Waals surface area contributed by atoms with Gasteiger partial charge in [-0.1, -0.05) is 54.1 Å². The van der Waals surface area contributed by atoms with Crippen LogP contribution in [0.1, 0.15) is 32.4 Å². The van der Waals surface area contributed by atoms with Gasteiger partial charge in [0.1, 0.15) is 0 Å². The summed E-state index contributed by atoms with van der Waals surface area (Å²) in [6.45, 7) is 0. The Kier molecular flexibility index (Phi) is 7.47. The second kappa shape index (κ2) is 10.7. The summed E-state index contributed by atoms with van der Waals surface area (Å²) in [7, 11) is -4.26. The number of nitrogens with zero attached hydrogens (tertiary/aromatic N) is 1. The van der Waals surface area contributed by atoms with Gasteiger partial charge in [0, 0.05) is 28.3 Å². The minimum absolute atomic E-state index is 0.241. The van der Waals surface area contributed by atoms with Crippen molar-refractivity contribution in [1.29, 1.82) is 0 Å². The number of halogens is 1. The van der Waals surface area contributed by atoms with Crippen LogP contribution in [0.15, 0.2) is 113 Å². The minimum atomic E-state index is -4.26. The second-order valence-corrected chi connectivity index (χ2v) is 10.2. The summed E-state index contributed by atoms with van der Waals surface area (Å²) in [5.41, 5.74) is 0.0769. The van der Waals surface area contributed by atoms with Crippen LogP contribution in [0.5, 0.6) is 0 Å². The highest BCUT2D eigenvalue weighted by Crippen LogP contribution is 2.29. The number of esters is 1. The third-order valence-electron chi connectivity index (χ3n) is 5.45. The average Bonchev–Trinajstić information content (AvgIpc) is 2.92. The molecule has 0 fully saturated rings. The van der Waals surface area contributed by atoms with Crippen LogP contribution in [0.2, 0.25) is 5.02 Å².